The molecule has 0 rings (SSSR count). The highest BCUT2D eigenvalue weighted by molar-refractivity contribution is 5.65. The predicted molar refractivity (Wildman–Crippen MR) is 35.4 cm³/mol. The van der Waals surface area contributed by atoms with Crippen molar-refractivity contribution in [3.05, 3.63) is 0 Å². The largest absolute Gasteiger partial charge is 0.469 e. The van der Waals surface area contributed by atoms with Crippen molar-refractivity contribution >= 4 is 11.9 Å². The fourth-order valence-corrected chi connectivity index (χ4v) is 0.0768. The Morgan fingerprint density at radius 3 is 1.64 bits per heavy atom. The normalized spacial score (nSPS) is 7.27. The second-order valence-electron chi connectivity index (χ2n) is 1.44. The lowest BCUT2D eigenvalue weighted by Gasteiger charge is -1.86. The Balaban J connectivity index is 0. The minimum Gasteiger partial charge on any atom is -0.469 e. The van der Waals surface area contributed by atoms with Crippen molar-refractivity contribution in [2.24, 2.45) is 0 Å². The van der Waals surface area contributed by atoms with Gasteiger partial charge in [0.15, 0.2) is 0 Å². The molecule has 0 unspecified atom stereocenters. The molecular weight excluding hydrogens is 155 g/mol. The molecule has 0 aromatic rings. The molecule has 0 spiro atoms. The molecule has 0 N–H and O–H groups in total. The molecule has 0 aliphatic rings. The summed E-state index contributed by atoms with van der Waals surface area (Å²) < 4.78 is 18.6. The lowest BCUT2D eigenvalue weighted by Crippen LogP contribution is -1.94. The van der Waals surface area contributed by atoms with E-state index in [0.717, 1.165) is 6.92 Å². The standard InChI is InChI=1S/C3H5FO2.C3H6O2/c1-3(5)6-2-4;1-3(4)5-2/h2H2,1H3;1-2H3. The molecule has 0 amide bonds. The van der Waals surface area contributed by atoms with Crippen molar-refractivity contribution in [2.45, 2.75) is 13.8 Å². The number of rotatable bonds is 1. The first-order valence-electron chi connectivity index (χ1n) is 2.78. The highest BCUT2D eigenvalue weighted by Crippen LogP contribution is 1.72. The number of carbonyl (C=O) groups is 2. The van der Waals surface area contributed by atoms with E-state index in [1.54, 1.807) is 0 Å². The first-order chi connectivity index (χ1) is 5.04. The second kappa shape index (κ2) is 8.87. The maximum Gasteiger partial charge on any atom is 0.304 e. The van der Waals surface area contributed by atoms with Gasteiger partial charge in [-0.15, -0.1) is 0 Å². The summed E-state index contributed by atoms with van der Waals surface area (Å²) >= 11 is 0. The molecule has 0 saturated carbocycles. The van der Waals surface area contributed by atoms with Gasteiger partial charge in [0.05, 0.1) is 7.11 Å². The maximum atomic E-state index is 10.8. The van der Waals surface area contributed by atoms with Crippen LogP contribution in [0.2, 0.25) is 0 Å². The molecule has 0 atom stereocenters. The monoisotopic (exact) mass is 166 g/mol. The van der Waals surface area contributed by atoms with Gasteiger partial charge < -0.3 is 9.47 Å². The van der Waals surface area contributed by atoms with E-state index in [1.165, 1.54) is 14.0 Å². The average molecular weight is 166 g/mol. The molecule has 5 heteroatoms. The molecule has 0 saturated heterocycles. The first-order valence-corrected chi connectivity index (χ1v) is 2.78. The van der Waals surface area contributed by atoms with Gasteiger partial charge in [0.25, 0.3) is 0 Å². The summed E-state index contributed by atoms with van der Waals surface area (Å²) in [4.78, 5) is 19.2. The van der Waals surface area contributed by atoms with Crippen LogP contribution in [0.25, 0.3) is 0 Å². The topological polar surface area (TPSA) is 52.6 Å². The lowest BCUT2D eigenvalue weighted by molar-refractivity contribution is -0.145. The van der Waals surface area contributed by atoms with Crippen molar-refractivity contribution in [1.82, 2.24) is 0 Å². The van der Waals surface area contributed by atoms with Gasteiger partial charge in [-0.3, -0.25) is 9.59 Å². The molecule has 0 fully saturated rings. The summed E-state index contributed by atoms with van der Waals surface area (Å²) in [7, 11) is 1.35. The van der Waals surface area contributed by atoms with Crippen LogP contribution in [0.15, 0.2) is 0 Å². The zero-order chi connectivity index (χ0) is 9.28. The number of esters is 2. The first kappa shape index (κ1) is 12.5. The van der Waals surface area contributed by atoms with Crippen molar-refractivity contribution < 1.29 is 23.5 Å². The SMILES string of the molecule is CC(=O)OCF.COC(C)=O. The summed E-state index contributed by atoms with van der Waals surface area (Å²) in [5, 5.41) is 0. The van der Waals surface area contributed by atoms with E-state index in [2.05, 4.69) is 9.47 Å². The zero-order valence-electron chi connectivity index (χ0n) is 6.72. The number of alkyl halides is 1. The van der Waals surface area contributed by atoms with Crippen LogP contribution in [-0.4, -0.2) is 25.9 Å². The lowest BCUT2D eigenvalue weighted by atomic mass is 10.8. The molecule has 0 heterocycles. The van der Waals surface area contributed by atoms with E-state index < -0.39 is 12.8 Å². The summed E-state index contributed by atoms with van der Waals surface area (Å²) in [5.41, 5.74) is 0. The van der Waals surface area contributed by atoms with E-state index >= 15 is 0 Å². The maximum absolute atomic E-state index is 10.8. The molecule has 0 aliphatic heterocycles. The quantitative estimate of drug-likeness (QED) is 0.537. The number of carbonyl (C=O) groups excluding carboxylic acids is 2. The van der Waals surface area contributed by atoms with Crippen molar-refractivity contribution in [3.8, 4) is 0 Å². The van der Waals surface area contributed by atoms with Gasteiger partial charge in [0, 0.05) is 13.8 Å². The molecule has 0 aromatic heterocycles. The van der Waals surface area contributed by atoms with E-state index in [1.807, 2.05) is 0 Å². The molecule has 66 valence electrons. The third-order valence-corrected chi connectivity index (χ3v) is 0.545. The summed E-state index contributed by atoms with van der Waals surface area (Å²) in [6.45, 7) is 1.49. The van der Waals surface area contributed by atoms with E-state index in [4.69, 9.17) is 0 Å². The van der Waals surface area contributed by atoms with Gasteiger partial charge in [-0.2, -0.15) is 0 Å². The molecule has 0 aliphatic carbocycles. The molecule has 0 bridgehead atoms. The number of halogens is 1. The van der Waals surface area contributed by atoms with Gasteiger partial charge in [-0.25, -0.2) is 4.39 Å². The molecular formula is C6H11FO4. The van der Waals surface area contributed by atoms with E-state index in [-0.39, 0.29) is 5.97 Å². The third-order valence-electron chi connectivity index (χ3n) is 0.545. The highest BCUT2D eigenvalue weighted by atomic mass is 19.1. The van der Waals surface area contributed by atoms with Crippen LogP contribution in [0.1, 0.15) is 13.8 Å². The van der Waals surface area contributed by atoms with Crippen LogP contribution in [0.5, 0.6) is 0 Å². The molecule has 0 radical (unpaired) electrons. The van der Waals surface area contributed by atoms with Crippen LogP contribution in [0.3, 0.4) is 0 Å². The highest BCUT2D eigenvalue weighted by Gasteiger charge is 1.84. The number of ether oxygens (including phenoxy) is 2. The van der Waals surface area contributed by atoms with E-state index in [9.17, 15) is 14.0 Å². The summed E-state index contributed by atoms with van der Waals surface area (Å²) in [6, 6.07) is 0. The Kier molecular flexibility index (Phi) is 10.1. The Labute approximate surface area is 64.3 Å². The van der Waals surface area contributed by atoms with Crippen molar-refractivity contribution in [1.29, 1.82) is 0 Å². The van der Waals surface area contributed by atoms with Gasteiger partial charge in [-0.1, -0.05) is 0 Å². The predicted octanol–water partition coefficient (Wildman–Crippen LogP) is 0.656. The van der Waals surface area contributed by atoms with Crippen LogP contribution in [0.4, 0.5) is 4.39 Å². The second-order valence-corrected chi connectivity index (χ2v) is 1.44. The number of hydrogen-bond donors (Lipinski definition) is 0. The Morgan fingerprint density at radius 1 is 1.27 bits per heavy atom. The Bertz CT molecular complexity index is 124. The van der Waals surface area contributed by atoms with Gasteiger partial charge >= 0.3 is 11.9 Å². The molecule has 4 nitrogen and oxygen atoms in total. The van der Waals surface area contributed by atoms with Crippen LogP contribution in [-0.2, 0) is 19.1 Å². The molecule has 11 heavy (non-hydrogen) atoms. The third kappa shape index (κ3) is 28.0. The Hall–Kier alpha value is -1.13. The summed E-state index contributed by atoms with van der Waals surface area (Å²) in [6.07, 6.45) is 0. The summed E-state index contributed by atoms with van der Waals surface area (Å²) in [5.74, 6) is -0.831. The minimum atomic E-state index is -1.02. The zero-order valence-corrected chi connectivity index (χ0v) is 6.72. The Morgan fingerprint density at radius 2 is 1.64 bits per heavy atom. The van der Waals surface area contributed by atoms with Crippen molar-refractivity contribution in [2.75, 3.05) is 14.0 Å². The number of methoxy groups -OCH3 is 1. The molecule has 0 aromatic carbocycles. The minimum absolute atomic E-state index is 0.245. The number of hydrogen-bond acceptors (Lipinski definition) is 4. The van der Waals surface area contributed by atoms with Gasteiger partial charge in [0.1, 0.15) is 0 Å². The smallest absolute Gasteiger partial charge is 0.304 e. The van der Waals surface area contributed by atoms with Crippen molar-refractivity contribution in [3.63, 3.8) is 0 Å². The average Bonchev–Trinajstić information content (AvgIpc) is 1.89. The fraction of sp³-hybridized carbons (Fsp3) is 0.667. The fourth-order valence-electron chi connectivity index (χ4n) is 0.0768. The van der Waals surface area contributed by atoms with Crippen LogP contribution in [0, 0.1) is 0 Å². The van der Waals surface area contributed by atoms with Crippen LogP contribution >= 0.6 is 0 Å². The van der Waals surface area contributed by atoms with Gasteiger partial charge in [-0.05, 0) is 0 Å². The van der Waals surface area contributed by atoms with Gasteiger partial charge in [0.2, 0.25) is 6.86 Å². The van der Waals surface area contributed by atoms with Crippen LogP contribution < -0.4 is 0 Å². The van der Waals surface area contributed by atoms with E-state index in [0.29, 0.717) is 0 Å².